The van der Waals surface area contributed by atoms with Gasteiger partial charge in [0.25, 0.3) is 10.1 Å². The number of hydrogen-bond acceptors (Lipinski definition) is 9. The van der Waals surface area contributed by atoms with Crippen LogP contribution in [0, 0.1) is 0 Å². The van der Waals surface area contributed by atoms with Crippen molar-refractivity contribution >= 4 is 77.7 Å². The molecule has 0 radical (unpaired) electrons. The first-order valence-electron chi connectivity index (χ1n) is 14.0. The van der Waals surface area contributed by atoms with Gasteiger partial charge in [-0.15, -0.1) is 8.90 Å². The molecule has 1 aromatic heterocycles. The summed E-state index contributed by atoms with van der Waals surface area (Å²) in [5.41, 5.74) is 5.41. The zero-order valence-corrected chi connectivity index (χ0v) is 25.5. The minimum atomic E-state index is -4.66. The van der Waals surface area contributed by atoms with Crippen LogP contribution < -0.4 is 15.2 Å². The highest BCUT2D eigenvalue weighted by Crippen LogP contribution is 2.40. The van der Waals surface area contributed by atoms with Crippen molar-refractivity contribution in [1.29, 1.82) is 0 Å². The molecule has 0 spiro atoms. The molecule has 7 aromatic rings. The van der Waals surface area contributed by atoms with Gasteiger partial charge < -0.3 is 10.6 Å². The van der Waals surface area contributed by atoms with Gasteiger partial charge in [0.1, 0.15) is 15.9 Å². The van der Waals surface area contributed by atoms with E-state index in [2.05, 4.69) is 15.7 Å². The fourth-order valence-corrected chi connectivity index (χ4v) is 6.72. The summed E-state index contributed by atoms with van der Waals surface area (Å²) in [6.07, 6.45) is 0. The van der Waals surface area contributed by atoms with Crippen LogP contribution in [0.1, 0.15) is 0 Å². The summed E-state index contributed by atoms with van der Waals surface area (Å²) in [7, 11) is -4.66. The molecule has 228 valence electrons. The number of aromatic nitrogens is 2. The monoisotopic (exact) mass is 649 g/mol. The van der Waals surface area contributed by atoms with E-state index in [0.717, 1.165) is 40.0 Å². The molecule has 4 N–H and O–H groups in total. The van der Waals surface area contributed by atoms with Crippen LogP contribution in [-0.4, -0.2) is 23.2 Å². The maximum absolute atomic E-state index is 12.7. The van der Waals surface area contributed by atoms with Gasteiger partial charge in [0.15, 0.2) is 0 Å². The van der Waals surface area contributed by atoms with Gasteiger partial charge in [-0.3, -0.25) is 4.55 Å². The Kier molecular flexibility index (Phi) is 7.96. The Morgan fingerprint density at radius 2 is 1.33 bits per heavy atom. The van der Waals surface area contributed by atoms with E-state index in [-0.39, 0.29) is 10.6 Å². The minimum Gasteiger partial charge on any atom is -0.355 e. The van der Waals surface area contributed by atoms with E-state index in [1.165, 1.54) is 6.07 Å². The molecule has 12 heteroatoms. The molecule has 0 aliphatic rings. The number of benzene rings is 6. The lowest BCUT2D eigenvalue weighted by Crippen LogP contribution is -2.33. The molecule has 0 aliphatic heterocycles. The fourth-order valence-electron chi connectivity index (χ4n) is 5.53. The molecule has 0 saturated heterocycles. The smallest absolute Gasteiger partial charge is 0.296 e. The minimum absolute atomic E-state index is 0.190. The molecule has 0 atom stereocenters. The SMILES string of the molecule is O=S(=O)(O)c1cc2nc3c4cccc(SOOO)c4c(Nc4ccccc4)cc3[n+](-c3ccccc3)c2cc1Nc1ccccc1. The lowest BCUT2D eigenvalue weighted by atomic mass is 10.0. The van der Waals surface area contributed by atoms with E-state index in [9.17, 15) is 13.0 Å². The van der Waals surface area contributed by atoms with Gasteiger partial charge in [0.2, 0.25) is 16.7 Å². The molecule has 0 saturated carbocycles. The number of fused-ring (bicyclic) bond motifs is 4. The average Bonchev–Trinajstić information content (AvgIpc) is 3.07. The van der Waals surface area contributed by atoms with Crippen molar-refractivity contribution in [1.82, 2.24) is 4.98 Å². The molecule has 46 heavy (non-hydrogen) atoms. The van der Waals surface area contributed by atoms with Gasteiger partial charge in [-0.2, -0.15) is 8.42 Å². The summed E-state index contributed by atoms with van der Waals surface area (Å²) in [6.45, 7) is 0. The van der Waals surface area contributed by atoms with Gasteiger partial charge in [-0.25, -0.2) is 10.2 Å². The normalized spacial score (nSPS) is 11.7. The molecule has 0 aliphatic carbocycles. The molecule has 0 bridgehead atoms. The van der Waals surface area contributed by atoms with E-state index in [1.54, 1.807) is 18.2 Å². The highest BCUT2D eigenvalue weighted by molar-refractivity contribution is 7.94. The van der Waals surface area contributed by atoms with Crippen LogP contribution in [0.3, 0.4) is 0 Å². The topological polar surface area (TPSA) is 134 Å². The maximum Gasteiger partial charge on any atom is 0.296 e. The van der Waals surface area contributed by atoms with Crippen molar-refractivity contribution in [3.63, 3.8) is 0 Å². The quantitative estimate of drug-likeness (QED) is 0.0232. The largest absolute Gasteiger partial charge is 0.355 e. The molecule has 0 amide bonds. The number of hydrogen-bond donors (Lipinski definition) is 4. The number of rotatable bonds is 9. The van der Waals surface area contributed by atoms with Crippen molar-refractivity contribution in [3.05, 3.63) is 127 Å². The highest BCUT2D eigenvalue weighted by Gasteiger charge is 2.27. The van der Waals surface area contributed by atoms with Crippen LogP contribution in [0.4, 0.5) is 22.7 Å². The Hall–Kier alpha value is -5.08. The number of nitrogens with zero attached hydrogens (tertiary/aromatic N) is 2. The van der Waals surface area contributed by atoms with E-state index in [1.807, 2.05) is 108 Å². The van der Waals surface area contributed by atoms with E-state index in [0.29, 0.717) is 32.5 Å². The lowest BCUT2D eigenvalue weighted by Gasteiger charge is -2.16. The van der Waals surface area contributed by atoms with Crippen LogP contribution in [0.5, 0.6) is 0 Å². The molecule has 6 aromatic carbocycles. The zero-order chi connectivity index (χ0) is 31.7. The van der Waals surface area contributed by atoms with Gasteiger partial charge in [0.05, 0.1) is 23.4 Å². The van der Waals surface area contributed by atoms with Gasteiger partial charge >= 0.3 is 0 Å². The summed E-state index contributed by atoms with van der Waals surface area (Å²) in [6, 6.07) is 39.0. The number of nitrogens with one attached hydrogen (secondary N) is 2. The van der Waals surface area contributed by atoms with Crippen LogP contribution in [-0.2, 0) is 19.5 Å². The second-order valence-electron chi connectivity index (χ2n) is 10.3. The number of para-hydroxylation sites is 3. The highest BCUT2D eigenvalue weighted by atomic mass is 32.2. The molecular weight excluding hydrogens is 625 g/mol. The molecule has 0 fully saturated rings. The Labute approximate surface area is 267 Å². The summed E-state index contributed by atoms with van der Waals surface area (Å²) in [5, 5.41) is 20.9. The third kappa shape index (κ3) is 5.72. The summed E-state index contributed by atoms with van der Waals surface area (Å²) in [4.78, 5) is 5.31. The van der Waals surface area contributed by atoms with Crippen LogP contribution in [0.25, 0.3) is 38.5 Å². The van der Waals surface area contributed by atoms with Crippen LogP contribution in [0.2, 0.25) is 0 Å². The summed E-state index contributed by atoms with van der Waals surface area (Å²) < 4.78 is 42.6. The first-order valence-corrected chi connectivity index (χ1v) is 16.2. The first-order chi connectivity index (χ1) is 22.4. The van der Waals surface area contributed by atoms with Crippen molar-refractivity contribution in [3.8, 4) is 5.69 Å². The summed E-state index contributed by atoms with van der Waals surface area (Å²) >= 11 is 0.829. The Morgan fingerprint density at radius 1 is 0.717 bits per heavy atom. The number of anilines is 4. The third-order valence-electron chi connectivity index (χ3n) is 7.42. The van der Waals surface area contributed by atoms with Crippen LogP contribution >= 0.6 is 12.0 Å². The third-order valence-corrected chi connectivity index (χ3v) is 8.96. The zero-order valence-electron chi connectivity index (χ0n) is 23.9. The van der Waals surface area contributed by atoms with Gasteiger partial charge in [-0.1, -0.05) is 71.8 Å². The molecule has 10 nitrogen and oxygen atoms in total. The molecular formula is C34H25N4O6S2+. The Bertz CT molecular complexity index is 2330. The van der Waals surface area contributed by atoms with Crippen LogP contribution in [0.15, 0.2) is 137 Å². The molecule has 7 rings (SSSR count). The molecule has 1 heterocycles. The van der Waals surface area contributed by atoms with E-state index < -0.39 is 10.1 Å². The van der Waals surface area contributed by atoms with Crippen molar-refractivity contribution in [2.45, 2.75) is 9.79 Å². The van der Waals surface area contributed by atoms with E-state index >= 15 is 0 Å². The predicted octanol–water partition coefficient (Wildman–Crippen LogP) is 7.98. The van der Waals surface area contributed by atoms with Gasteiger partial charge in [0, 0.05) is 51.3 Å². The lowest BCUT2D eigenvalue weighted by molar-refractivity contribution is -0.538. The van der Waals surface area contributed by atoms with E-state index in [4.69, 9.17) is 14.6 Å². The molecule has 0 unspecified atom stereocenters. The average molecular weight is 650 g/mol. The Morgan fingerprint density at radius 3 is 1.96 bits per heavy atom. The standard InChI is InChI=1S/C34H24N4O6S2/c39-43-44-45-31-18-10-17-25-33(31)28(36-23-13-6-2-7-14-23)20-30-34(25)37-26-21-32(46(40,41)42)27(35-22-11-4-1-5-12-22)19-29(26)38(30)24-15-8-3-9-16-24/h1-21H,(H3,35,36,39,40,41,42)/p+1. The maximum atomic E-state index is 12.7. The van der Waals surface area contributed by atoms with Gasteiger partial charge in [-0.05, 0) is 36.4 Å². The van der Waals surface area contributed by atoms with Crippen molar-refractivity contribution < 1.29 is 32.2 Å². The van der Waals surface area contributed by atoms with Crippen molar-refractivity contribution in [2.75, 3.05) is 10.6 Å². The fraction of sp³-hybridized carbons (Fsp3) is 0. The predicted molar refractivity (Wildman–Crippen MR) is 178 cm³/mol. The first kappa shape index (κ1) is 29.6. The second kappa shape index (κ2) is 12.4. The Balaban J connectivity index is 1.61. The summed E-state index contributed by atoms with van der Waals surface area (Å²) in [5.74, 6) is 0. The second-order valence-corrected chi connectivity index (χ2v) is 12.4. The van der Waals surface area contributed by atoms with Crippen molar-refractivity contribution in [2.24, 2.45) is 0 Å².